The third kappa shape index (κ3) is 3.37. The summed E-state index contributed by atoms with van der Waals surface area (Å²) in [7, 11) is 1.64. The molecule has 0 aliphatic carbocycles. The van der Waals surface area contributed by atoms with Crippen molar-refractivity contribution in [2.24, 2.45) is 0 Å². The molecule has 2 aromatic rings. The second kappa shape index (κ2) is 5.76. The normalized spacial score (nSPS) is 13.9. The maximum Gasteiger partial charge on any atom is 0.133 e. The summed E-state index contributed by atoms with van der Waals surface area (Å²) < 4.78 is 6.10. The van der Waals surface area contributed by atoms with Gasteiger partial charge < -0.3 is 9.84 Å². The van der Waals surface area contributed by atoms with Crippen LogP contribution in [-0.2, 0) is 12.0 Å². The molecule has 19 heavy (non-hydrogen) atoms. The lowest BCUT2D eigenvalue weighted by Crippen LogP contribution is -2.24. The van der Waals surface area contributed by atoms with Gasteiger partial charge in [-0.25, -0.2) is 0 Å². The SMILES string of the molecule is COc1ccc(CC(C)(O)c2ccccc2)cc1Br. The lowest BCUT2D eigenvalue weighted by molar-refractivity contribution is 0.0576. The highest BCUT2D eigenvalue weighted by Gasteiger charge is 2.23. The van der Waals surface area contributed by atoms with Crippen LogP contribution in [0.1, 0.15) is 18.1 Å². The number of hydrogen-bond acceptors (Lipinski definition) is 2. The van der Waals surface area contributed by atoms with Crippen molar-refractivity contribution in [2.75, 3.05) is 7.11 Å². The Hall–Kier alpha value is -1.32. The summed E-state index contributed by atoms with van der Waals surface area (Å²) >= 11 is 3.46. The smallest absolute Gasteiger partial charge is 0.133 e. The van der Waals surface area contributed by atoms with Crippen LogP contribution in [0.2, 0.25) is 0 Å². The van der Waals surface area contributed by atoms with Crippen LogP contribution in [0.4, 0.5) is 0 Å². The predicted molar refractivity (Wildman–Crippen MR) is 80.4 cm³/mol. The number of benzene rings is 2. The fourth-order valence-corrected chi connectivity index (χ4v) is 2.70. The Morgan fingerprint density at radius 3 is 2.42 bits per heavy atom. The largest absolute Gasteiger partial charge is 0.496 e. The van der Waals surface area contributed by atoms with E-state index in [1.165, 1.54) is 0 Å². The van der Waals surface area contributed by atoms with Crippen molar-refractivity contribution < 1.29 is 9.84 Å². The van der Waals surface area contributed by atoms with Crippen molar-refractivity contribution in [2.45, 2.75) is 18.9 Å². The van der Waals surface area contributed by atoms with Crippen LogP contribution < -0.4 is 4.74 Å². The van der Waals surface area contributed by atoms with Crippen LogP contribution in [0.3, 0.4) is 0 Å². The van der Waals surface area contributed by atoms with Crippen LogP contribution in [0.15, 0.2) is 53.0 Å². The molecule has 0 amide bonds. The summed E-state index contributed by atoms with van der Waals surface area (Å²) in [6.07, 6.45) is 0.555. The molecule has 0 bridgehead atoms. The minimum atomic E-state index is -0.880. The molecule has 2 rings (SSSR count). The van der Waals surface area contributed by atoms with E-state index in [2.05, 4.69) is 15.9 Å². The van der Waals surface area contributed by atoms with Gasteiger partial charge >= 0.3 is 0 Å². The van der Waals surface area contributed by atoms with Gasteiger partial charge in [-0.3, -0.25) is 0 Å². The number of ether oxygens (including phenoxy) is 1. The van der Waals surface area contributed by atoms with Crippen molar-refractivity contribution in [1.82, 2.24) is 0 Å². The average Bonchev–Trinajstić information content (AvgIpc) is 2.39. The second-order valence-electron chi connectivity index (χ2n) is 4.79. The predicted octanol–water partition coefficient (Wildman–Crippen LogP) is 3.91. The Labute approximate surface area is 122 Å². The summed E-state index contributed by atoms with van der Waals surface area (Å²) in [5.74, 6) is 0.795. The highest BCUT2D eigenvalue weighted by molar-refractivity contribution is 9.10. The first-order valence-corrected chi connectivity index (χ1v) is 6.92. The number of hydrogen-bond donors (Lipinski definition) is 1. The van der Waals surface area contributed by atoms with Crippen molar-refractivity contribution in [3.63, 3.8) is 0 Å². The van der Waals surface area contributed by atoms with E-state index >= 15 is 0 Å². The molecule has 3 heteroatoms. The van der Waals surface area contributed by atoms with E-state index in [9.17, 15) is 5.11 Å². The van der Waals surface area contributed by atoms with Gasteiger partial charge in [-0.2, -0.15) is 0 Å². The quantitative estimate of drug-likeness (QED) is 0.925. The van der Waals surface area contributed by atoms with E-state index < -0.39 is 5.60 Å². The van der Waals surface area contributed by atoms with E-state index in [0.29, 0.717) is 6.42 Å². The Morgan fingerprint density at radius 1 is 1.16 bits per heavy atom. The molecule has 0 aliphatic heterocycles. The van der Waals surface area contributed by atoms with Gasteiger partial charge in [-0.05, 0) is 46.1 Å². The van der Waals surface area contributed by atoms with E-state index in [0.717, 1.165) is 21.3 Å². The molecule has 0 saturated heterocycles. The molecule has 0 saturated carbocycles. The maximum absolute atomic E-state index is 10.6. The van der Waals surface area contributed by atoms with Gasteiger partial charge in [0.05, 0.1) is 17.2 Å². The lowest BCUT2D eigenvalue weighted by atomic mass is 9.89. The molecule has 1 N–H and O–H groups in total. The third-order valence-electron chi connectivity index (χ3n) is 3.16. The highest BCUT2D eigenvalue weighted by atomic mass is 79.9. The van der Waals surface area contributed by atoms with Gasteiger partial charge in [0.15, 0.2) is 0 Å². The molecule has 1 atom stereocenters. The first kappa shape index (κ1) is 14.1. The monoisotopic (exact) mass is 320 g/mol. The Balaban J connectivity index is 2.23. The minimum Gasteiger partial charge on any atom is -0.496 e. The summed E-state index contributed by atoms with van der Waals surface area (Å²) in [5.41, 5.74) is 1.10. The molecule has 0 heterocycles. The zero-order valence-corrected chi connectivity index (χ0v) is 12.6. The number of aliphatic hydroxyl groups is 1. The zero-order chi connectivity index (χ0) is 13.9. The van der Waals surface area contributed by atoms with Gasteiger partial charge in [-0.1, -0.05) is 36.4 Å². The van der Waals surface area contributed by atoms with E-state index in [1.54, 1.807) is 7.11 Å². The molecule has 2 nitrogen and oxygen atoms in total. The summed E-state index contributed by atoms with van der Waals surface area (Å²) in [4.78, 5) is 0. The minimum absolute atomic E-state index is 0.555. The summed E-state index contributed by atoms with van der Waals surface area (Å²) in [5, 5.41) is 10.6. The van der Waals surface area contributed by atoms with E-state index in [-0.39, 0.29) is 0 Å². The standard InChI is InChI=1S/C16H17BrO2/c1-16(18,13-6-4-3-5-7-13)11-12-8-9-15(19-2)14(17)10-12/h3-10,18H,11H2,1-2H3. The molecule has 0 radical (unpaired) electrons. The average molecular weight is 321 g/mol. The zero-order valence-electron chi connectivity index (χ0n) is 11.1. The van der Waals surface area contributed by atoms with Crippen molar-refractivity contribution in [3.8, 4) is 5.75 Å². The molecule has 2 aromatic carbocycles. The van der Waals surface area contributed by atoms with Crippen LogP contribution in [0.5, 0.6) is 5.75 Å². The second-order valence-corrected chi connectivity index (χ2v) is 5.64. The maximum atomic E-state index is 10.6. The molecular weight excluding hydrogens is 304 g/mol. The van der Waals surface area contributed by atoms with Crippen LogP contribution >= 0.6 is 15.9 Å². The van der Waals surface area contributed by atoms with Crippen LogP contribution in [0, 0.1) is 0 Å². The third-order valence-corrected chi connectivity index (χ3v) is 3.78. The van der Waals surface area contributed by atoms with Gasteiger partial charge in [0.25, 0.3) is 0 Å². The summed E-state index contributed by atoms with van der Waals surface area (Å²) in [6.45, 7) is 1.83. The van der Waals surface area contributed by atoms with E-state index in [1.807, 2.05) is 55.5 Å². The van der Waals surface area contributed by atoms with Gasteiger partial charge in [0.2, 0.25) is 0 Å². The molecule has 0 aliphatic rings. The van der Waals surface area contributed by atoms with Crippen molar-refractivity contribution >= 4 is 15.9 Å². The lowest BCUT2D eigenvalue weighted by Gasteiger charge is -2.24. The van der Waals surface area contributed by atoms with Crippen molar-refractivity contribution in [1.29, 1.82) is 0 Å². The Bertz CT molecular complexity index is 550. The van der Waals surface area contributed by atoms with Gasteiger partial charge in [-0.15, -0.1) is 0 Å². The van der Waals surface area contributed by atoms with Crippen LogP contribution in [-0.4, -0.2) is 12.2 Å². The molecule has 0 aromatic heterocycles. The van der Waals surface area contributed by atoms with Crippen molar-refractivity contribution in [3.05, 3.63) is 64.1 Å². The first-order valence-electron chi connectivity index (χ1n) is 6.13. The topological polar surface area (TPSA) is 29.5 Å². The first-order chi connectivity index (χ1) is 9.03. The Kier molecular flexibility index (Phi) is 4.27. The molecular formula is C16H17BrO2. The Morgan fingerprint density at radius 2 is 1.84 bits per heavy atom. The fraction of sp³-hybridized carbons (Fsp3) is 0.250. The number of halogens is 1. The molecule has 1 unspecified atom stereocenters. The highest BCUT2D eigenvalue weighted by Crippen LogP contribution is 2.30. The molecule has 100 valence electrons. The van der Waals surface area contributed by atoms with Crippen LogP contribution in [0.25, 0.3) is 0 Å². The van der Waals surface area contributed by atoms with Gasteiger partial charge in [0.1, 0.15) is 5.75 Å². The number of methoxy groups -OCH3 is 1. The summed E-state index contributed by atoms with van der Waals surface area (Å²) in [6, 6.07) is 15.6. The fourth-order valence-electron chi connectivity index (χ4n) is 2.12. The molecule has 0 fully saturated rings. The van der Waals surface area contributed by atoms with Gasteiger partial charge in [0, 0.05) is 6.42 Å². The molecule has 0 spiro atoms. The number of rotatable bonds is 4. The van der Waals surface area contributed by atoms with E-state index in [4.69, 9.17) is 4.74 Å².